The van der Waals surface area contributed by atoms with E-state index in [2.05, 4.69) is 20.7 Å². The number of nitrogens with one attached hydrogen (secondary N) is 2. The van der Waals surface area contributed by atoms with Crippen molar-refractivity contribution in [2.45, 2.75) is 25.0 Å². The van der Waals surface area contributed by atoms with Gasteiger partial charge in [0.2, 0.25) is 0 Å². The molecule has 36 heavy (non-hydrogen) atoms. The van der Waals surface area contributed by atoms with E-state index in [1.54, 1.807) is 25.3 Å². The van der Waals surface area contributed by atoms with E-state index in [1.807, 2.05) is 17.0 Å². The minimum absolute atomic E-state index is 0.115. The number of aliphatic carboxylic acids is 1. The predicted octanol–water partition coefficient (Wildman–Crippen LogP) is 3.03. The van der Waals surface area contributed by atoms with E-state index in [0.717, 1.165) is 5.56 Å². The van der Waals surface area contributed by atoms with Gasteiger partial charge in [0.15, 0.2) is 5.69 Å². The monoisotopic (exact) mass is 515 g/mol. The van der Waals surface area contributed by atoms with Crippen molar-refractivity contribution in [2.75, 3.05) is 26.7 Å². The third-order valence-corrected chi connectivity index (χ3v) is 6.55. The molecule has 0 spiro atoms. The SMILES string of the molecule is COC1CN(C[C@H](C[C@@H](Cc2ccc(-c3cc(Cl)ccc3F)cc2)NC(=O)c2c[nH]nn2)C(=O)O)C1. The van der Waals surface area contributed by atoms with Gasteiger partial charge in [0.05, 0.1) is 18.2 Å². The van der Waals surface area contributed by atoms with Crippen LogP contribution in [0.4, 0.5) is 4.39 Å². The highest BCUT2D eigenvalue weighted by atomic mass is 35.5. The van der Waals surface area contributed by atoms with Crippen LogP contribution in [0, 0.1) is 11.7 Å². The lowest BCUT2D eigenvalue weighted by atomic mass is 9.92. The smallest absolute Gasteiger partial charge is 0.307 e. The summed E-state index contributed by atoms with van der Waals surface area (Å²) in [5, 5.41) is 23.0. The molecule has 3 aromatic rings. The molecule has 1 aliphatic rings. The van der Waals surface area contributed by atoms with Gasteiger partial charge in [-0.1, -0.05) is 41.1 Å². The lowest BCUT2D eigenvalue weighted by Gasteiger charge is -2.39. The summed E-state index contributed by atoms with van der Waals surface area (Å²) >= 11 is 6.02. The van der Waals surface area contributed by atoms with Gasteiger partial charge in [0, 0.05) is 43.4 Å². The first-order valence-corrected chi connectivity index (χ1v) is 11.9. The summed E-state index contributed by atoms with van der Waals surface area (Å²) in [4.78, 5) is 26.7. The predicted molar refractivity (Wildman–Crippen MR) is 131 cm³/mol. The third kappa shape index (κ3) is 6.45. The van der Waals surface area contributed by atoms with Crippen LogP contribution in [0.2, 0.25) is 5.02 Å². The molecular weight excluding hydrogens is 489 g/mol. The van der Waals surface area contributed by atoms with Gasteiger partial charge in [-0.05, 0) is 42.2 Å². The van der Waals surface area contributed by atoms with Crippen LogP contribution in [0.1, 0.15) is 22.5 Å². The third-order valence-electron chi connectivity index (χ3n) is 6.31. The number of halogens is 2. The molecule has 1 saturated heterocycles. The first kappa shape index (κ1) is 25.7. The van der Waals surface area contributed by atoms with Gasteiger partial charge >= 0.3 is 5.97 Å². The molecule has 0 aliphatic carbocycles. The summed E-state index contributed by atoms with van der Waals surface area (Å²) in [5.41, 5.74) is 2.03. The second-order valence-electron chi connectivity index (χ2n) is 8.90. The number of hydrogen-bond donors (Lipinski definition) is 3. The molecule has 4 rings (SSSR count). The van der Waals surface area contributed by atoms with E-state index in [-0.39, 0.29) is 24.0 Å². The fraction of sp³-hybridized carbons (Fsp3) is 0.360. The maximum Gasteiger partial charge on any atom is 0.307 e. The van der Waals surface area contributed by atoms with Gasteiger partial charge in [0.1, 0.15) is 5.82 Å². The molecule has 2 heterocycles. The number of nitrogens with zero attached hydrogens (tertiary/aromatic N) is 3. The number of likely N-dealkylation sites (tertiary alicyclic amines) is 1. The lowest BCUT2D eigenvalue weighted by molar-refractivity contribution is -0.144. The molecule has 1 fully saturated rings. The molecule has 2 aromatic carbocycles. The molecule has 2 atom stereocenters. The number of methoxy groups -OCH3 is 1. The second kappa shape index (κ2) is 11.6. The summed E-state index contributed by atoms with van der Waals surface area (Å²) < 4.78 is 19.5. The van der Waals surface area contributed by atoms with Crippen molar-refractivity contribution in [3.63, 3.8) is 0 Å². The van der Waals surface area contributed by atoms with Gasteiger partial charge in [-0.15, -0.1) is 5.10 Å². The van der Waals surface area contributed by atoms with Crippen LogP contribution in [0.3, 0.4) is 0 Å². The highest BCUT2D eigenvalue weighted by Gasteiger charge is 2.32. The fourth-order valence-corrected chi connectivity index (χ4v) is 4.49. The van der Waals surface area contributed by atoms with E-state index in [9.17, 15) is 19.1 Å². The molecule has 11 heteroatoms. The average molecular weight is 516 g/mol. The van der Waals surface area contributed by atoms with Crippen molar-refractivity contribution >= 4 is 23.5 Å². The van der Waals surface area contributed by atoms with Crippen LogP contribution in [-0.4, -0.2) is 76.2 Å². The summed E-state index contributed by atoms with van der Waals surface area (Å²) in [6.07, 6.45) is 2.09. The Morgan fingerprint density at radius 3 is 2.67 bits per heavy atom. The fourth-order valence-electron chi connectivity index (χ4n) is 4.32. The minimum atomic E-state index is -0.927. The Hall–Kier alpha value is -3.34. The molecule has 0 radical (unpaired) electrons. The Balaban J connectivity index is 1.49. The Kier molecular flexibility index (Phi) is 8.29. The quantitative estimate of drug-likeness (QED) is 0.359. The minimum Gasteiger partial charge on any atom is -0.481 e. The molecule has 1 aromatic heterocycles. The standard InChI is InChI=1S/C25H27ClFN5O4/c1-36-20-13-32(14-20)12-17(25(34)35)9-19(29-24(33)23-11-28-31-30-23)8-15-2-4-16(5-3-15)21-10-18(26)6-7-22(21)27/h2-7,10-11,17,19-20H,8-9,12-14H2,1H3,(H,29,33)(H,34,35)(H,28,30,31)/t17-,19+/m0/s1. The van der Waals surface area contributed by atoms with Crippen LogP contribution in [0.25, 0.3) is 11.1 Å². The Labute approximate surface area is 212 Å². The molecule has 3 N–H and O–H groups in total. The molecular formula is C25H27ClFN5O4. The number of benzene rings is 2. The van der Waals surface area contributed by atoms with E-state index in [0.29, 0.717) is 42.2 Å². The van der Waals surface area contributed by atoms with Crippen LogP contribution >= 0.6 is 11.6 Å². The van der Waals surface area contributed by atoms with Crippen LogP contribution in [0.15, 0.2) is 48.7 Å². The number of carbonyl (C=O) groups is 2. The Morgan fingerprint density at radius 2 is 2.03 bits per heavy atom. The molecule has 1 aliphatic heterocycles. The Morgan fingerprint density at radius 1 is 1.28 bits per heavy atom. The van der Waals surface area contributed by atoms with Crippen molar-refractivity contribution in [2.24, 2.45) is 5.92 Å². The van der Waals surface area contributed by atoms with Gasteiger partial charge in [0.25, 0.3) is 5.91 Å². The van der Waals surface area contributed by atoms with Crippen molar-refractivity contribution in [3.05, 3.63) is 70.8 Å². The number of aromatic amines is 1. The summed E-state index contributed by atoms with van der Waals surface area (Å²) in [5.74, 6) is -2.44. The second-order valence-corrected chi connectivity index (χ2v) is 9.34. The van der Waals surface area contributed by atoms with E-state index < -0.39 is 23.8 Å². The van der Waals surface area contributed by atoms with Gasteiger partial charge in [-0.25, -0.2) is 4.39 Å². The van der Waals surface area contributed by atoms with E-state index in [1.165, 1.54) is 18.3 Å². The molecule has 0 bridgehead atoms. The first-order chi connectivity index (χ1) is 17.3. The number of amides is 1. The first-order valence-electron chi connectivity index (χ1n) is 11.5. The molecule has 0 unspecified atom stereocenters. The highest BCUT2D eigenvalue weighted by molar-refractivity contribution is 6.30. The largest absolute Gasteiger partial charge is 0.481 e. The molecule has 0 saturated carbocycles. The normalized spacial score (nSPS) is 15.8. The number of carboxylic acid groups (broad SMARTS) is 1. The number of rotatable bonds is 11. The molecule has 9 nitrogen and oxygen atoms in total. The van der Waals surface area contributed by atoms with E-state index in [4.69, 9.17) is 16.3 Å². The maximum absolute atomic E-state index is 14.3. The van der Waals surface area contributed by atoms with Crippen molar-refractivity contribution in [3.8, 4) is 11.1 Å². The zero-order chi connectivity index (χ0) is 25.7. The highest BCUT2D eigenvalue weighted by Crippen LogP contribution is 2.27. The summed E-state index contributed by atoms with van der Waals surface area (Å²) in [7, 11) is 1.64. The zero-order valence-corrected chi connectivity index (χ0v) is 20.4. The van der Waals surface area contributed by atoms with E-state index >= 15 is 0 Å². The lowest BCUT2D eigenvalue weighted by Crippen LogP contribution is -2.54. The zero-order valence-electron chi connectivity index (χ0n) is 19.7. The van der Waals surface area contributed by atoms with Crippen molar-refractivity contribution in [1.29, 1.82) is 0 Å². The number of hydrogen-bond acceptors (Lipinski definition) is 6. The molecule has 1 amide bonds. The van der Waals surface area contributed by atoms with Crippen LogP contribution < -0.4 is 5.32 Å². The number of carbonyl (C=O) groups excluding carboxylic acids is 1. The number of H-pyrrole nitrogens is 1. The number of aromatic nitrogens is 3. The topological polar surface area (TPSA) is 120 Å². The van der Waals surface area contributed by atoms with Gasteiger partial charge in [-0.3, -0.25) is 19.6 Å². The van der Waals surface area contributed by atoms with Crippen molar-refractivity contribution in [1.82, 2.24) is 25.6 Å². The molecule has 190 valence electrons. The summed E-state index contributed by atoms with van der Waals surface area (Å²) in [6.45, 7) is 1.72. The van der Waals surface area contributed by atoms with Gasteiger partial charge < -0.3 is 15.2 Å². The van der Waals surface area contributed by atoms with Gasteiger partial charge in [-0.2, -0.15) is 0 Å². The Bertz CT molecular complexity index is 1190. The van der Waals surface area contributed by atoms with Crippen LogP contribution in [-0.2, 0) is 16.0 Å². The van der Waals surface area contributed by atoms with Crippen molar-refractivity contribution < 1.29 is 23.8 Å². The average Bonchev–Trinajstić information content (AvgIpc) is 3.37. The number of ether oxygens (including phenoxy) is 1. The summed E-state index contributed by atoms with van der Waals surface area (Å²) in [6, 6.07) is 11.1. The number of carboxylic acids is 1. The maximum atomic E-state index is 14.3. The van der Waals surface area contributed by atoms with Crippen LogP contribution in [0.5, 0.6) is 0 Å².